The molecule has 3 aromatic rings. The van der Waals surface area contributed by atoms with Crippen molar-refractivity contribution >= 4 is 5.65 Å². The van der Waals surface area contributed by atoms with Crippen LogP contribution in [0.1, 0.15) is 25.1 Å². The lowest BCUT2D eigenvalue weighted by atomic mass is 9.73. The van der Waals surface area contributed by atoms with Gasteiger partial charge in [-0.25, -0.2) is 4.98 Å². The Hall–Kier alpha value is -2.16. The van der Waals surface area contributed by atoms with Crippen LogP contribution >= 0.6 is 0 Å². The lowest BCUT2D eigenvalue weighted by Crippen LogP contribution is -2.26. The number of hydrogen-bond acceptors (Lipinski definition) is 2. The lowest BCUT2D eigenvalue weighted by Gasteiger charge is -2.32. The predicted molar refractivity (Wildman–Crippen MR) is 75.2 cm³/mol. The van der Waals surface area contributed by atoms with Crippen molar-refractivity contribution in [1.82, 2.24) is 14.4 Å². The first-order valence-corrected chi connectivity index (χ1v) is 6.58. The highest BCUT2D eigenvalue weighted by molar-refractivity contribution is 5.73. The van der Waals surface area contributed by atoms with Gasteiger partial charge in [-0.1, -0.05) is 38.1 Å². The lowest BCUT2D eigenvalue weighted by molar-refractivity contribution is 0.507. The minimum absolute atomic E-state index is 0.142. The third kappa shape index (κ3) is 1.38. The SMILES string of the molecule is CC1(C)Cc2c(nc3cnccn23)-c2ccccc21. The van der Waals surface area contributed by atoms with E-state index >= 15 is 0 Å². The topological polar surface area (TPSA) is 30.2 Å². The molecule has 0 amide bonds. The highest BCUT2D eigenvalue weighted by Crippen LogP contribution is 2.42. The van der Waals surface area contributed by atoms with Crippen LogP contribution in [0.4, 0.5) is 0 Å². The Kier molecular flexibility index (Phi) is 1.94. The van der Waals surface area contributed by atoms with Gasteiger partial charge >= 0.3 is 0 Å². The minimum Gasteiger partial charge on any atom is -0.301 e. The maximum Gasteiger partial charge on any atom is 0.156 e. The number of benzene rings is 1. The molecule has 94 valence electrons. The van der Waals surface area contributed by atoms with Crippen molar-refractivity contribution in [3.8, 4) is 11.3 Å². The zero-order valence-corrected chi connectivity index (χ0v) is 11.1. The Morgan fingerprint density at radius 3 is 2.95 bits per heavy atom. The molecule has 0 saturated carbocycles. The Morgan fingerprint density at radius 1 is 1.21 bits per heavy atom. The van der Waals surface area contributed by atoms with E-state index < -0.39 is 0 Å². The molecule has 1 aliphatic carbocycles. The van der Waals surface area contributed by atoms with Crippen LogP contribution in [0.5, 0.6) is 0 Å². The Balaban J connectivity index is 2.12. The van der Waals surface area contributed by atoms with Gasteiger partial charge in [0.05, 0.1) is 17.6 Å². The summed E-state index contributed by atoms with van der Waals surface area (Å²) in [5, 5.41) is 0. The van der Waals surface area contributed by atoms with Gasteiger partial charge in [0.15, 0.2) is 5.65 Å². The van der Waals surface area contributed by atoms with Crippen LogP contribution in [0.25, 0.3) is 16.9 Å². The van der Waals surface area contributed by atoms with Gasteiger partial charge in [-0.05, 0) is 17.4 Å². The molecule has 1 aliphatic rings. The van der Waals surface area contributed by atoms with Gasteiger partial charge in [0.25, 0.3) is 0 Å². The van der Waals surface area contributed by atoms with Crippen LogP contribution in [0, 0.1) is 0 Å². The largest absolute Gasteiger partial charge is 0.301 e. The fraction of sp³-hybridized carbons (Fsp3) is 0.250. The fourth-order valence-electron chi connectivity index (χ4n) is 3.14. The first kappa shape index (κ1) is 10.7. The fourth-order valence-corrected chi connectivity index (χ4v) is 3.14. The van der Waals surface area contributed by atoms with Crippen molar-refractivity contribution in [2.45, 2.75) is 25.7 Å². The molecule has 0 aliphatic heterocycles. The van der Waals surface area contributed by atoms with Crippen LogP contribution in [-0.2, 0) is 11.8 Å². The highest BCUT2D eigenvalue weighted by atomic mass is 15.0. The molecular weight excluding hydrogens is 234 g/mol. The maximum absolute atomic E-state index is 4.76. The van der Waals surface area contributed by atoms with Crippen molar-refractivity contribution in [1.29, 1.82) is 0 Å². The summed E-state index contributed by atoms with van der Waals surface area (Å²) in [6.07, 6.45) is 6.66. The molecule has 1 aromatic carbocycles. The quantitative estimate of drug-likeness (QED) is 0.612. The summed E-state index contributed by atoms with van der Waals surface area (Å²) in [4.78, 5) is 8.93. The second-order valence-corrected chi connectivity index (χ2v) is 5.82. The van der Waals surface area contributed by atoms with E-state index in [0.29, 0.717) is 0 Å². The van der Waals surface area contributed by atoms with Gasteiger partial charge in [0.1, 0.15) is 0 Å². The second-order valence-electron chi connectivity index (χ2n) is 5.82. The number of aromatic nitrogens is 3. The summed E-state index contributed by atoms with van der Waals surface area (Å²) in [6, 6.07) is 8.60. The van der Waals surface area contributed by atoms with Crippen molar-refractivity contribution in [3.05, 3.63) is 54.1 Å². The molecule has 0 N–H and O–H groups in total. The van der Waals surface area contributed by atoms with E-state index in [1.807, 2.05) is 18.6 Å². The summed E-state index contributed by atoms with van der Waals surface area (Å²) in [5.74, 6) is 0. The minimum atomic E-state index is 0.142. The van der Waals surface area contributed by atoms with E-state index in [4.69, 9.17) is 4.98 Å². The number of hydrogen-bond donors (Lipinski definition) is 0. The van der Waals surface area contributed by atoms with E-state index in [0.717, 1.165) is 17.8 Å². The molecule has 0 unspecified atom stereocenters. The molecule has 0 radical (unpaired) electrons. The molecule has 0 saturated heterocycles. The summed E-state index contributed by atoms with van der Waals surface area (Å²) >= 11 is 0. The Morgan fingerprint density at radius 2 is 2.05 bits per heavy atom. The second kappa shape index (κ2) is 3.44. The van der Waals surface area contributed by atoms with Crippen molar-refractivity contribution in [2.24, 2.45) is 0 Å². The third-order valence-electron chi connectivity index (χ3n) is 4.05. The van der Waals surface area contributed by atoms with Crippen LogP contribution in [0.3, 0.4) is 0 Å². The van der Waals surface area contributed by atoms with Gasteiger partial charge in [0.2, 0.25) is 0 Å². The average Bonchev–Trinajstić information content (AvgIpc) is 2.77. The molecule has 0 fully saturated rings. The molecule has 0 spiro atoms. The zero-order chi connectivity index (χ0) is 13.0. The van der Waals surface area contributed by atoms with Gasteiger partial charge in [-0.15, -0.1) is 0 Å². The van der Waals surface area contributed by atoms with E-state index in [1.54, 1.807) is 0 Å². The summed E-state index contributed by atoms with van der Waals surface area (Å²) < 4.78 is 2.17. The van der Waals surface area contributed by atoms with E-state index in [1.165, 1.54) is 16.8 Å². The van der Waals surface area contributed by atoms with Gasteiger partial charge in [-0.2, -0.15) is 0 Å². The first-order valence-electron chi connectivity index (χ1n) is 6.58. The summed E-state index contributed by atoms with van der Waals surface area (Å²) in [6.45, 7) is 4.60. The van der Waals surface area contributed by atoms with Gasteiger partial charge in [0, 0.05) is 18.0 Å². The first-order chi connectivity index (χ1) is 9.17. The smallest absolute Gasteiger partial charge is 0.156 e. The van der Waals surface area contributed by atoms with E-state index in [-0.39, 0.29) is 5.41 Å². The van der Waals surface area contributed by atoms with Crippen molar-refractivity contribution in [2.75, 3.05) is 0 Å². The van der Waals surface area contributed by atoms with Crippen LogP contribution < -0.4 is 0 Å². The predicted octanol–water partition coefficient (Wildman–Crippen LogP) is 3.23. The van der Waals surface area contributed by atoms with E-state index in [2.05, 4.69) is 47.5 Å². The van der Waals surface area contributed by atoms with Crippen molar-refractivity contribution in [3.63, 3.8) is 0 Å². The molecule has 19 heavy (non-hydrogen) atoms. The average molecular weight is 249 g/mol. The monoisotopic (exact) mass is 249 g/mol. The maximum atomic E-state index is 4.76. The van der Waals surface area contributed by atoms with Crippen LogP contribution in [-0.4, -0.2) is 14.4 Å². The van der Waals surface area contributed by atoms with Crippen LogP contribution in [0.15, 0.2) is 42.9 Å². The number of fused-ring (bicyclic) bond motifs is 5. The molecule has 2 heterocycles. The third-order valence-corrected chi connectivity index (χ3v) is 4.05. The van der Waals surface area contributed by atoms with E-state index in [9.17, 15) is 0 Å². The number of nitrogens with zero attached hydrogens (tertiary/aromatic N) is 3. The molecule has 0 atom stereocenters. The Bertz CT molecular complexity index is 784. The zero-order valence-electron chi connectivity index (χ0n) is 11.1. The normalized spacial score (nSPS) is 16.1. The molecule has 4 rings (SSSR count). The highest BCUT2D eigenvalue weighted by Gasteiger charge is 2.33. The molecule has 3 heteroatoms. The summed E-state index contributed by atoms with van der Waals surface area (Å²) in [7, 11) is 0. The number of rotatable bonds is 0. The van der Waals surface area contributed by atoms with Gasteiger partial charge < -0.3 is 4.40 Å². The standard InChI is InChI=1S/C16H15N3/c1-16(2)9-13-15(11-5-3-4-6-12(11)16)18-14-10-17-7-8-19(13)14/h3-8,10H,9H2,1-2H3. The van der Waals surface area contributed by atoms with Crippen molar-refractivity contribution < 1.29 is 0 Å². The molecule has 0 bridgehead atoms. The molecule has 2 aromatic heterocycles. The number of imidazole rings is 1. The Labute approximate surface area is 111 Å². The molecule has 3 nitrogen and oxygen atoms in total. The van der Waals surface area contributed by atoms with Gasteiger partial charge in [-0.3, -0.25) is 4.98 Å². The van der Waals surface area contributed by atoms with Crippen LogP contribution in [0.2, 0.25) is 0 Å². The molecular formula is C16H15N3. The summed E-state index contributed by atoms with van der Waals surface area (Å²) in [5.41, 5.74) is 6.13.